The molecule has 0 bridgehead atoms. The molecule has 44 heavy (non-hydrogen) atoms. The van der Waals surface area contributed by atoms with E-state index < -0.39 is 33.9 Å². The molecule has 0 aliphatic carbocycles. The third-order valence-corrected chi connectivity index (χ3v) is 8.64. The molecule has 3 atom stereocenters. The number of methoxy groups -OCH3 is 1. The Morgan fingerprint density at radius 2 is 1.77 bits per heavy atom. The number of amides is 1. The number of aliphatic hydroxyl groups excluding tert-OH is 1. The van der Waals surface area contributed by atoms with Crippen molar-refractivity contribution in [2.24, 2.45) is 5.92 Å². The molecule has 0 saturated carbocycles. The van der Waals surface area contributed by atoms with Gasteiger partial charge in [-0.1, -0.05) is 49.4 Å². The van der Waals surface area contributed by atoms with Crippen LogP contribution in [0.1, 0.15) is 58.9 Å². The average Bonchev–Trinajstić information content (AvgIpc) is 2.95. The quantitative estimate of drug-likeness (QED) is 0.142. The maximum Gasteiger partial charge on any atom is 0.407 e. The third kappa shape index (κ3) is 12.3. The van der Waals surface area contributed by atoms with E-state index in [1.54, 1.807) is 39.0 Å². The summed E-state index contributed by atoms with van der Waals surface area (Å²) in [6.45, 7) is 14.8. The number of ether oxygens (including phenoxy) is 3. The summed E-state index contributed by atoms with van der Waals surface area (Å²) in [6, 6.07) is 13.1. The molecule has 0 spiro atoms. The highest BCUT2D eigenvalue weighted by Gasteiger charge is 2.34. The molecule has 0 heterocycles. The summed E-state index contributed by atoms with van der Waals surface area (Å²) in [4.78, 5) is 12.8. The molecule has 1 unspecified atom stereocenters. The molecule has 1 amide bonds. The summed E-state index contributed by atoms with van der Waals surface area (Å²) in [7, 11) is -2.68. The molecule has 2 aromatic carbocycles. The monoisotopic (exact) mass is 630 g/mol. The van der Waals surface area contributed by atoms with Crippen LogP contribution in [0.5, 0.6) is 11.5 Å². The van der Waals surface area contributed by atoms with Gasteiger partial charge in [-0.2, -0.15) is 4.31 Å². The van der Waals surface area contributed by atoms with E-state index in [1.165, 1.54) is 17.5 Å². The van der Waals surface area contributed by atoms with Crippen LogP contribution in [-0.2, 0) is 21.2 Å². The van der Waals surface area contributed by atoms with Gasteiger partial charge < -0.3 is 24.6 Å². The van der Waals surface area contributed by atoms with Gasteiger partial charge in [0.25, 0.3) is 0 Å². The number of alkyl carbamates (subject to hydrolysis) is 1. The molecule has 9 nitrogen and oxygen atoms in total. The van der Waals surface area contributed by atoms with Crippen molar-refractivity contribution < 1.29 is 32.5 Å². The first-order valence-electron chi connectivity index (χ1n) is 15.0. The molecule has 0 aliphatic rings. The zero-order valence-corrected chi connectivity index (χ0v) is 27.6. The highest BCUT2D eigenvalue weighted by molar-refractivity contribution is 7.89. The van der Waals surface area contributed by atoms with Crippen molar-refractivity contribution in [1.29, 1.82) is 0 Å². The largest absolute Gasteiger partial charge is 0.497 e. The minimum atomic E-state index is -4.18. The van der Waals surface area contributed by atoms with Gasteiger partial charge in [-0.25, -0.2) is 13.2 Å². The van der Waals surface area contributed by atoms with Crippen LogP contribution in [0.25, 0.3) is 0 Å². The standard InChI is InChI=1S/C34H50N2O7S/c1-8-10-11-15-21-42-31-23-28(41-7)19-20-32(31)44(39,40)36(24-26(3)16-9-2)25-30(37)29(22-27-17-13-12-14-18-27)35-33(38)43-34(4,5)6/h8-9,12-14,17-20,23,26,29-30,37H,1-2,10-11,15-16,21-22,24-25H2,3-7H3,(H,35,38)/t26?,29-,30+/m0/s1. The van der Waals surface area contributed by atoms with Crippen molar-refractivity contribution in [3.05, 3.63) is 79.4 Å². The van der Waals surface area contributed by atoms with E-state index in [2.05, 4.69) is 18.5 Å². The summed E-state index contributed by atoms with van der Waals surface area (Å²) < 4.78 is 46.6. The average molecular weight is 631 g/mol. The van der Waals surface area contributed by atoms with E-state index in [-0.39, 0.29) is 36.1 Å². The lowest BCUT2D eigenvalue weighted by molar-refractivity contribution is 0.0399. The van der Waals surface area contributed by atoms with Gasteiger partial charge in [0.15, 0.2) is 0 Å². The smallest absolute Gasteiger partial charge is 0.407 e. The van der Waals surface area contributed by atoms with Crippen LogP contribution in [0.2, 0.25) is 0 Å². The molecule has 0 radical (unpaired) electrons. The van der Waals surface area contributed by atoms with Crippen LogP contribution < -0.4 is 14.8 Å². The number of benzene rings is 2. The zero-order chi connectivity index (χ0) is 32.8. The third-order valence-electron chi connectivity index (χ3n) is 6.77. The topological polar surface area (TPSA) is 114 Å². The molecule has 0 aliphatic heterocycles. The van der Waals surface area contributed by atoms with Crippen LogP contribution in [0.4, 0.5) is 4.79 Å². The minimum absolute atomic E-state index is 0.0280. The first-order valence-corrected chi connectivity index (χ1v) is 16.5. The highest BCUT2D eigenvalue weighted by atomic mass is 32.2. The molecular formula is C34H50N2O7S. The van der Waals surface area contributed by atoms with E-state index in [0.717, 1.165) is 24.8 Å². The molecule has 0 aromatic heterocycles. The summed E-state index contributed by atoms with van der Waals surface area (Å²) >= 11 is 0. The molecular weight excluding hydrogens is 580 g/mol. The van der Waals surface area contributed by atoms with Gasteiger partial charge in [-0.05, 0) is 76.5 Å². The number of sulfonamides is 1. The van der Waals surface area contributed by atoms with Crippen molar-refractivity contribution in [3.63, 3.8) is 0 Å². The van der Waals surface area contributed by atoms with E-state index in [1.807, 2.05) is 43.3 Å². The fourth-order valence-electron chi connectivity index (χ4n) is 4.58. The summed E-state index contributed by atoms with van der Waals surface area (Å²) in [5.41, 5.74) is 0.113. The molecule has 2 aromatic rings. The Bertz CT molecular complexity index is 1290. The number of unbranched alkanes of at least 4 members (excludes halogenated alkanes) is 2. The number of carbonyl (C=O) groups excluding carboxylic acids is 1. The fourth-order valence-corrected chi connectivity index (χ4v) is 6.27. The SMILES string of the molecule is C=CCCCCOc1cc(OC)ccc1S(=O)(=O)N(CC(C)CC=C)C[C@@H](O)[C@H](Cc1ccccc1)NC(=O)OC(C)(C)C. The second-order valence-corrected chi connectivity index (χ2v) is 13.8. The van der Waals surface area contributed by atoms with Gasteiger partial charge in [-0.15, -0.1) is 13.2 Å². The number of nitrogens with one attached hydrogen (secondary N) is 1. The molecule has 2 rings (SSSR count). The predicted octanol–water partition coefficient (Wildman–Crippen LogP) is 6.13. The Kier molecular flexibility index (Phi) is 14.9. The summed E-state index contributed by atoms with van der Waals surface area (Å²) in [6.07, 6.45) is 4.85. The van der Waals surface area contributed by atoms with E-state index >= 15 is 0 Å². The lowest BCUT2D eigenvalue weighted by Gasteiger charge is -2.32. The van der Waals surface area contributed by atoms with Gasteiger partial charge in [0.05, 0.1) is 25.9 Å². The Morgan fingerprint density at radius 3 is 2.39 bits per heavy atom. The first kappa shape index (κ1) is 36.8. The fraction of sp³-hybridized carbons (Fsp3) is 0.500. The van der Waals surface area contributed by atoms with Gasteiger partial charge in [0, 0.05) is 19.2 Å². The number of hydrogen-bond donors (Lipinski definition) is 2. The lowest BCUT2D eigenvalue weighted by atomic mass is 10.0. The maximum atomic E-state index is 14.3. The second-order valence-electron chi connectivity index (χ2n) is 11.9. The van der Waals surface area contributed by atoms with E-state index in [0.29, 0.717) is 18.8 Å². The molecule has 10 heteroatoms. The predicted molar refractivity (Wildman–Crippen MR) is 175 cm³/mol. The number of rotatable bonds is 19. The number of allylic oxidation sites excluding steroid dienone is 2. The Hall–Kier alpha value is -3.34. The lowest BCUT2D eigenvalue weighted by Crippen LogP contribution is -2.52. The van der Waals surface area contributed by atoms with E-state index in [9.17, 15) is 18.3 Å². The van der Waals surface area contributed by atoms with E-state index in [4.69, 9.17) is 14.2 Å². The van der Waals surface area contributed by atoms with Crippen molar-refractivity contribution in [3.8, 4) is 11.5 Å². The minimum Gasteiger partial charge on any atom is -0.497 e. The van der Waals surface area contributed by atoms with Crippen molar-refractivity contribution >= 4 is 16.1 Å². The molecule has 244 valence electrons. The van der Waals surface area contributed by atoms with Crippen LogP contribution in [0, 0.1) is 5.92 Å². The second kappa shape index (κ2) is 17.8. The first-order chi connectivity index (χ1) is 20.8. The van der Waals surface area contributed by atoms with Crippen LogP contribution in [0.3, 0.4) is 0 Å². The number of nitrogens with zero attached hydrogens (tertiary/aromatic N) is 1. The van der Waals surface area contributed by atoms with Gasteiger partial charge in [-0.3, -0.25) is 0 Å². The van der Waals surface area contributed by atoms with Gasteiger partial charge in [0.1, 0.15) is 22.0 Å². The normalized spacial score (nSPS) is 13.9. The van der Waals surface area contributed by atoms with Crippen molar-refractivity contribution in [2.75, 3.05) is 26.8 Å². The Balaban J connectivity index is 2.45. The van der Waals surface area contributed by atoms with Crippen LogP contribution in [0.15, 0.2) is 78.7 Å². The number of hydrogen-bond acceptors (Lipinski definition) is 7. The summed E-state index contributed by atoms with van der Waals surface area (Å²) in [5.74, 6) is 0.537. The molecule has 2 N–H and O–H groups in total. The number of aliphatic hydroxyl groups is 1. The van der Waals surface area contributed by atoms with Crippen molar-refractivity contribution in [1.82, 2.24) is 9.62 Å². The van der Waals surface area contributed by atoms with Crippen molar-refractivity contribution in [2.45, 2.75) is 82.4 Å². The highest BCUT2D eigenvalue weighted by Crippen LogP contribution is 2.32. The number of carbonyl (C=O) groups is 1. The van der Waals surface area contributed by atoms with Gasteiger partial charge >= 0.3 is 6.09 Å². The molecule has 0 fully saturated rings. The molecule has 0 saturated heterocycles. The summed E-state index contributed by atoms with van der Waals surface area (Å²) in [5, 5.41) is 14.3. The zero-order valence-electron chi connectivity index (χ0n) is 26.8. The van der Waals surface area contributed by atoms with Gasteiger partial charge in [0.2, 0.25) is 10.0 Å². The maximum absolute atomic E-state index is 14.3. The van der Waals surface area contributed by atoms with Crippen LogP contribution in [-0.4, -0.2) is 68.5 Å². The Labute approximate surface area is 264 Å². The van der Waals surface area contributed by atoms with Crippen LogP contribution >= 0.6 is 0 Å². The Morgan fingerprint density at radius 1 is 1.07 bits per heavy atom.